The molecule has 0 spiro atoms. The Labute approximate surface area is 187 Å². The van der Waals surface area contributed by atoms with Gasteiger partial charge in [0.15, 0.2) is 5.11 Å². The smallest absolute Gasteiger partial charge is 0.221 e. The fourth-order valence-electron chi connectivity index (χ4n) is 2.38. The number of anilines is 1. The summed E-state index contributed by atoms with van der Waals surface area (Å²) in [5, 5.41) is 15.0. The van der Waals surface area contributed by atoms with Crippen LogP contribution >= 0.6 is 24.4 Å². The fraction of sp³-hybridized carbons (Fsp3) is 0.190. The summed E-state index contributed by atoms with van der Waals surface area (Å²) in [5.74, 6) is -0.138. The van der Waals surface area contributed by atoms with Gasteiger partial charge in [-0.1, -0.05) is 61.6 Å². The molecular weight excluding hydrogens is 416 g/mol. The highest BCUT2D eigenvalue weighted by atomic mass is 32.1. The summed E-state index contributed by atoms with van der Waals surface area (Å²) >= 11 is 10.4. The Balaban J connectivity index is 2.54. The Hall–Kier alpha value is -3.17. The molecule has 0 aliphatic carbocycles. The summed E-state index contributed by atoms with van der Waals surface area (Å²) in [6.45, 7) is 3.42. The highest BCUT2D eigenvalue weighted by molar-refractivity contribution is 7.80. The summed E-state index contributed by atoms with van der Waals surface area (Å²) < 4.78 is 0. The molecule has 0 saturated heterocycles. The van der Waals surface area contributed by atoms with Crippen molar-refractivity contribution < 1.29 is 4.79 Å². The molecule has 1 amide bonds. The number of carbonyl (C=O) groups is 1. The van der Waals surface area contributed by atoms with Crippen LogP contribution in [0.5, 0.6) is 0 Å². The molecule has 0 fully saturated rings. The maximum absolute atomic E-state index is 11.3. The topological polar surface area (TPSA) is 89.9 Å². The van der Waals surface area contributed by atoms with Crippen LogP contribution in [0.2, 0.25) is 0 Å². The lowest BCUT2D eigenvalue weighted by molar-refractivity contribution is -0.114. The lowest BCUT2D eigenvalue weighted by Crippen LogP contribution is -2.32. The minimum atomic E-state index is -0.138. The number of nitrogens with one attached hydrogen (secondary N) is 4. The molecule has 2 aromatic rings. The first-order chi connectivity index (χ1) is 14.4. The minimum Gasteiger partial charge on any atom is -0.364 e. The van der Waals surface area contributed by atoms with Gasteiger partial charge in [-0.3, -0.25) is 15.6 Å². The first-order valence-corrected chi connectivity index (χ1v) is 10.1. The first kappa shape index (κ1) is 23.1. The van der Waals surface area contributed by atoms with E-state index in [4.69, 9.17) is 24.4 Å². The molecule has 156 valence electrons. The highest BCUT2D eigenvalue weighted by Crippen LogP contribution is 2.14. The number of rotatable bonds is 7. The van der Waals surface area contributed by atoms with E-state index in [9.17, 15) is 4.79 Å². The molecular formula is C21H24N6OS2. The standard InChI is InChI=1S/C21H24N6OS2/c1-4-18(29)24-25-19(15-8-6-5-7-9-15)20(26-27-21(30)22-3)16-10-12-17(13-11-16)23-14(2)28/h5-13H,4H2,1-3H3,(H,23,28)(H,24,29)(H2,22,27,30). The van der Waals surface area contributed by atoms with Crippen molar-refractivity contribution in [2.45, 2.75) is 20.3 Å². The van der Waals surface area contributed by atoms with Gasteiger partial charge >= 0.3 is 0 Å². The van der Waals surface area contributed by atoms with Gasteiger partial charge in [-0.25, -0.2) is 0 Å². The van der Waals surface area contributed by atoms with Gasteiger partial charge in [-0.15, -0.1) is 0 Å². The van der Waals surface area contributed by atoms with Gasteiger partial charge in [-0.2, -0.15) is 10.2 Å². The first-order valence-electron chi connectivity index (χ1n) is 9.30. The van der Waals surface area contributed by atoms with Crippen molar-refractivity contribution in [3.8, 4) is 0 Å². The van der Waals surface area contributed by atoms with Crippen LogP contribution in [0.15, 0.2) is 64.8 Å². The predicted octanol–water partition coefficient (Wildman–Crippen LogP) is 3.17. The number of carbonyl (C=O) groups excluding carboxylic acids is 1. The second-order valence-electron chi connectivity index (χ2n) is 6.12. The Kier molecular flexibility index (Phi) is 9.04. The van der Waals surface area contributed by atoms with E-state index in [1.165, 1.54) is 6.92 Å². The third kappa shape index (κ3) is 7.02. The van der Waals surface area contributed by atoms with Gasteiger partial charge in [0, 0.05) is 30.8 Å². The number of nitrogens with zero attached hydrogens (tertiary/aromatic N) is 2. The average molecular weight is 441 g/mol. The highest BCUT2D eigenvalue weighted by Gasteiger charge is 2.16. The minimum absolute atomic E-state index is 0.138. The summed E-state index contributed by atoms with van der Waals surface area (Å²) in [5.41, 5.74) is 9.22. The monoisotopic (exact) mass is 440 g/mol. The van der Waals surface area contributed by atoms with Gasteiger partial charge in [0.25, 0.3) is 0 Å². The number of hydrogen-bond donors (Lipinski definition) is 4. The normalized spacial score (nSPS) is 11.4. The largest absolute Gasteiger partial charge is 0.364 e. The Morgan fingerprint density at radius 2 is 1.47 bits per heavy atom. The third-order valence-corrected chi connectivity index (χ3v) is 4.54. The summed E-state index contributed by atoms with van der Waals surface area (Å²) in [6.07, 6.45) is 0.668. The van der Waals surface area contributed by atoms with E-state index in [0.717, 1.165) is 11.1 Å². The van der Waals surface area contributed by atoms with Gasteiger partial charge < -0.3 is 10.6 Å². The van der Waals surface area contributed by atoms with Crippen LogP contribution < -0.4 is 21.5 Å². The number of hydrogen-bond acceptors (Lipinski definition) is 5. The average Bonchev–Trinajstić information content (AvgIpc) is 2.76. The molecule has 0 aliphatic rings. The Bertz CT molecular complexity index is 955. The van der Waals surface area contributed by atoms with Crippen LogP contribution in [-0.2, 0) is 4.79 Å². The van der Waals surface area contributed by atoms with E-state index < -0.39 is 0 Å². The SMILES string of the molecule is CCC(=S)NN=C(C(=NNC(=S)NC)c1ccc(NC(C)=O)cc1)c1ccccc1. The molecule has 0 atom stereocenters. The van der Waals surface area contributed by atoms with E-state index in [1.807, 2.05) is 49.4 Å². The van der Waals surface area contributed by atoms with Crippen molar-refractivity contribution in [3.05, 3.63) is 65.7 Å². The van der Waals surface area contributed by atoms with E-state index in [-0.39, 0.29) is 5.91 Å². The summed E-state index contributed by atoms with van der Waals surface area (Å²) in [7, 11) is 1.71. The maximum atomic E-state index is 11.3. The molecule has 4 N–H and O–H groups in total. The molecule has 0 aromatic heterocycles. The molecule has 30 heavy (non-hydrogen) atoms. The second kappa shape index (κ2) is 11.7. The van der Waals surface area contributed by atoms with Crippen molar-refractivity contribution in [1.29, 1.82) is 0 Å². The zero-order chi connectivity index (χ0) is 21.9. The molecule has 0 aliphatic heterocycles. The molecule has 0 radical (unpaired) electrons. The maximum Gasteiger partial charge on any atom is 0.221 e. The zero-order valence-electron chi connectivity index (χ0n) is 17.0. The van der Waals surface area contributed by atoms with Gasteiger partial charge in [0.05, 0.1) is 4.99 Å². The molecule has 0 unspecified atom stereocenters. The van der Waals surface area contributed by atoms with Crippen LogP contribution in [0.3, 0.4) is 0 Å². The molecule has 7 nitrogen and oxygen atoms in total. The third-order valence-electron chi connectivity index (χ3n) is 3.86. The van der Waals surface area contributed by atoms with Crippen molar-refractivity contribution in [2.75, 3.05) is 12.4 Å². The number of benzene rings is 2. The second-order valence-corrected chi connectivity index (χ2v) is 7.03. The van der Waals surface area contributed by atoms with E-state index >= 15 is 0 Å². The number of hydrazone groups is 2. The molecule has 2 aromatic carbocycles. The van der Waals surface area contributed by atoms with Crippen LogP contribution in [0.25, 0.3) is 0 Å². The van der Waals surface area contributed by atoms with Gasteiger partial charge in [0.1, 0.15) is 11.4 Å². The number of amides is 1. The lowest BCUT2D eigenvalue weighted by atomic mass is 9.99. The van der Waals surface area contributed by atoms with Crippen LogP contribution in [-0.4, -0.2) is 34.5 Å². The number of thiocarbonyl (C=S) groups is 2. The summed E-state index contributed by atoms with van der Waals surface area (Å²) in [6, 6.07) is 17.0. The lowest BCUT2D eigenvalue weighted by Gasteiger charge is -2.13. The van der Waals surface area contributed by atoms with E-state index in [0.29, 0.717) is 33.6 Å². The molecule has 0 bridgehead atoms. The van der Waals surface area contributed by atoms with E-state index in [1.54, 1.807) is 19.2 Å². The van der Waals surface area contributed by atoms with Crippen molar-refractivity contribution in [1.82, 2.24) is 16.2 Å². The molecule has 0 saturated carbocycles. The van der Waals surface area contributed by atoms with Crippen LogP contribution in [0, 0.1) is 0 Å². The summed E-state index contributed by atoms with van der Waals surface area (Å²) in [4.78, 5) is 11.9. The molecule has 2 rings (SSSR count). The van der Waals surface area contributed by atoms with Gasteiger partial charge in [-0.05, 0) is 30.8 Å². The fourth-order valence-corrected chi connectivity index (χ4v) is 2.47. The van der Waals surface area contributed by atoms with Crippen LogP contribution in [0.4, 0.5) is 5.69 Å². The van der Waals surface area contributed by atoms with Crippen molar-refractivity contribution in [3.63, 3.8) is 0 Å². The zero-order valence-corrected chi connectivity index (χ0v) is 18.7. The van der Waals surface area contributed by atoms with E-state index in [2.05, 4.69) is 31.7 Å². The van der Waals surface area contributed by atoms with Crippen molar-refractivity contribution in [2.24, 2.45) is 10.2 Å². The van der Waals surface area contributed by atoms with Crippen LogP contribution in [0.1, 0.15) is 31.4 Å². The quantitative estimate of drug-likeness (QED) is 0.300. The Morgan fingerprint density at radius 1 is 0.900 bits per heavy atom. The Morgan fingerprint density at radius 3 is 2.00 bits per heavy atom. The predicted molar refractivity (Wildman–Crippen MR) is 131 cm³/mol. The molecule has 9 heteroatoms. The molecule has 0 heterocycles. The van der Waals surface area contributed by atoms with Crippen molar-refractivity contribution >= 4 is 57.6 Å². The van der Waals surface area contributed by atoms with Gasteiger partial charge in [0.2, 0.25) is 5.91 Å².